The number of halogens is 12. The van der Waals surface area contributed by atoms with Gasteiger partial charge in [0.25, 0.3) is 0 Å². The van der Waals surface area contributed by atoms with Gasteiger partial charge in [0.15, 0.2) is 13.2 Å². The second-order valence-corrected chi connectivity index (χ2v) is 11.2. The summed E-state index contributed by atoms with van der Waals surface area (Å²) in [6.07, 6.45) is -25.2. The molecule has 0 heterocycles. The molecule has 22 heteroatoms. The molecule has 0 radical (unpaired) electrons. The van der Waals surface area contributed by atoms with Gasteiger partial charge < -0.3 is 29.2 Å². The second-order valence-electron chi connectivity index (χ2n) is 11.2. The van der Waals surface area contributed by atoms with Crippen molar-refractivity contribution in [3.63, 3.8) is 0 Å². The van der Waals surface area contributed by atoms with Crippen LogP contribution in [-0.2, 0) is 38.1 Å². The van der Waals surface area contributed by atoms with Crippen molar-refractivity contribution < 1.29 is 101 Å². The first-order valence-corrected chi connectivity index (χ1v) is 12.8. The molecule has 2 atom stereocenters. The van der Waals surface area contributed by atoms with Crippen LogP contribution >= 0.6 is 0 Å². The van der Waals surface area contributed by atoms with Gasteiger partial charge in [0.2, 0.25) is 0 Å². The van der Waals surface area contributed by atoms with Gasteiger partial charge in [0.05, 0.1) is 0 Å². The topological polar surface area (TPSA) is 146 Å². The number of rotatable bonds is 10. The predicted octanol–water partition coefficient (Wildman–Crippen LogP) is 4.23. The van der Waals surface area contributed by atoms with E-state index in [1.54, 1.807) is 0 Å². The number of hydrogen-bond donors (Lipinski definition) is 2. The summed E-state index contributed by atoms with van der Waals surface area (Å²) in [5, 5.41) is 18.0. The van der Waals surface area contributed by atoms with Crippen LogP contribution in [0.15, 0.2) is 0 Å². The SMILES string of the molecule is CC(C)(OC(=O)COC(=O)C(O)(C(F)(F)F)C(F)(F)F)C1CCCCC1C(C)(C)OC(=O)COC(=O)C(O)(C(F)(F)F)C(F)(F)F. The van der Waals surface area contributed by atoms with Crippen molar-refractivity contribution in [1.29, 1.82) is 0 Å². The van der Waals surface area contributed by atoms with Gasteiger partial charge in [0, 0.05) is 11.8 Å². The van der Waals surface area contributed by atoms with Crippen LogP contribution in [0.1, 0.15) is 53.4 Å². The van der Waals surface area contributed by atoms with Crippen LogP contribution in [0, 0.1) is 11.8 Å². The van der Waals surface area contributed by atoms with E-state index in [0.717, 1.165) is 0 Å². The van der Waals surface area contributed by atoms with Gasteiger partial charge in [-0.3, -0.25) is 0 Å². The zero-order valence-corrected chi connectivity index (χ0v) is 24.1. The number of hydrogen-bond acceptors (Lipinski definition) is 10. The molecule has 10 nitrogen and oxygen atoms in total. The van der Waals surface area contributed by atoms with E-state index in [-0.39, 0.29) is 12.8 Å². The number of carbonyl (C=O) groups excluding carboxylic acids is 4. The summed E-state index contributed by atoms with van der Waals surface area (Å²) in [5.41, 5.74) is -15.3. The average molecular weight is 704 g/mol. The molecule has 1 aliphatic carbocycles. The Kier molecular flexibility index (Phi) is 11.8. The Morgan fingerprint density at radius 1 is 0.543 bits per heavy atom. The summed E-state index contributed by atoms with van der Waals surface area (Å²) in [6, 6.07) is 0. The summed E-state index contributed by atoms with van der Waals surface area (Å²) < 4.78 is 172. The predicted molar refractivity (Wildman–Crippen MR) is 122 cm³/mol. The number of carbonyl (C=O) groups is 4. The molecule has 0 saturated heterocycles. The first-order chi connectivity index (χ1) is 20.3. The van der Waals surface area contributed by atoms with Crippen LogP contribution < -0.4 is 0 Å². The quantitative estimate of drug-likeness (QED) is 0.193. The Balaban J connectivity index is 3.02. The molecule has 0 aromatic carbocycles. The first kappa shape index (κ1) is 41.0. The standard InChI is InChI=1S/C24H28F12O10/c1-17(2,45-13(37)9-43-15(39)19(41,21(25,26)27)22(28,29)30)11-7-5-6-8-12(11)18(3,4)46-14(38)10-44-16(40)20(42,23(31,32)33)24(34,35)36/h11-12,41-42H,5-10H2,1-4H3. The van der Waals surface area contributed by atoms with Gasteiger partial charge in [0.1, 0.15) is 11.2 Å². The molecule has 0 aromatic rings. The van der Waals surface area contributed by atoms with Gasteiger partial charge in [-0.2, -0.15) is 52.7 Å². The summed E-state index contributed by atoms with van der Waals surface area (Å²) in [4.78, 5) is 47.6. The minimum absolute atomic E-state index is 0.160. The van der Waals surface area contributed by atoms with Crippen molar-refractivity contribution in [1.82, 2.24) is 0 Å². The number of aliphatic hydroxyl groups is 2. The third kappa shape index (κ3) is 8.45. The normalized spacial score (nSPS) is 19.3. The fourth-order valence-corrected chi connectivity index (χ4v) is 4.83. The number of alkyl halides is 12. The van der Waals surface area contributed by atoms with Gasteiger partial charge in [-0.15, -0.1) is 0 Å². The van der Waals surface area contributed by atoms with Crippen LogP contribution in [0.3, 0.4) is 0 Å². The van der Waals surface area contributed by atoms with E-state index in [9.17, 15) is 71.9 Å². The van der Waals surface area contributed by atoms with Gasteiger partial charge in [-0.1, -0.05) is 12.8 Å². The maximum atomic E-state index is 12.8. The lowest BCUT2D eigenvalue weighted by molar-refractivity contribution is -0.357. The molecule has 1 rings (SSSR count). The lowest BCUT2D eigenvalue weighted by Crippen LogP contribution is -2.63. The Labute approximate surface area is 251 Å². The highest BCUT2D eigenvalue weighted by atomic mass is 19.4. The minimum atomic E-state index is -6.58. The zero-order valence-electron chi connectivity index (χ0n) is 24.1. The van der Waals surface area contributed by atoms with Crippen molar-refractivity contribution in [2.45, 2.75) is 100 Å². The molecule has 1 aliphatic rings. The Morgan fingerprint density at radius 3 is 1.00 bits per heavy atom. The molecule has 268 valence electrons. The van der Waals surface area contributed by atoms with E-state index >= 15 is 0 Å². The van der Waals surface area contributed by atoms with Crippen LogP contribution in [0.25, 0.3) is 0 Å². The minimum Gasteiger partial charge on any atom is -0.457 e. The fourth-order valence-electron chi connectivity index (χ4n) is 4.83. The van der Waals surface area contributed by atoms with Crippen LogP contribution in [-0.4, -0.2) is 94.4 Å². The van der Waals surface area contributed by atoms with Crippen molar-refractivity contribution in [3.05, 3.63) is 0 Å². The molecule has 1 saturated carbocycles. The molecule has 2 N–H and O–H groups in total. The second kappa shape index (κ2) is 13.2. The largest absolute Gasteiger partial charge is 0.457 e. The van der Waals surface area contributed by atoms with Crippen LogP contribution in [0.4, 0.5) is 52.7 Å². The number of ether oxygens (including phenoxy) is 4. The molecule has 0 aliphatic heterocycles. The number of esters is 4. The van der Waals surface area contributed by atoms with Crippen LogP contribution in [0.2, 0.25) is 0 Å². The van der Waals surface area contributed by atoms with E-state index in [1.807, 2.05) is 0 Å². The summed E-state index contributed by atoms with van der Waals surface area (Å²) in [6.45, 7) is 1.22. The molecule has 0 spiro atoms. The third-order valence-corrected chi connectivity index (χ3v) is 7.18. The fraction of sp³-hybridized carbons (Fsp3) is 0.833. The maximum absolute atomic E-state index is 12.8. The smallest absolute Gasteiger partial charge is 0.437 e. The lowest BCUT2D eigenvalue weighted by Gasteiger charge is -2.47. The van der Waals surface area contributed by atoms with Crippen molar-refractivity contribution in [3.8, 4) is 0 Å². The Morgan fingerprint density at radius 2 is 0.783 bits per heavy atom. The Bertz CT molecular complexity index is 1020. The monoisotopic (exact) mass is 704 g/mol. The highest BCUT2D eigenvalue weighted by Crippen LogP contribution is 2.47. The van der Waals surface area contributed by atoms with Crippen LogP contribution in [0.5, 0.6) is 0 Å². The van der Waals surface area contributed by atoms with E-state index in [1.165, 1.54) is 27.7 Å². The summed E-state index contributed by atoms with van der Waals surface area (Å²) in [5.74, 6) is -11.6. The molecule has 0 aromatic heterocycles. The van der Waals surface area contributed by atoms with Crippen molar-refractivity contribution in [2.75, 3.05) is 13.2 Å². The van der Waals surface area contributed by atoms with Gasteiger partial charge >= 0.3 is 59.8 Å². The molecular weight excluding hydrogens is 676 g/mol. The lowest BCUT2D eigenvalue weighted by atomic mass is 9.65. The molecular formula is C24H28F12O10. The Hall–Kier alpha value is -3.04. The van der Waals surface area contributed by atoms with E-state index in [4.69, 9.17) is 19.7 Å². The van der Waals surface area contributed by atoms with Crippen molar-refractivity contribution >= 4 is 23.9 Å². The molecule has 1 fully saturated rings. The highest BCUT2D eigenvalue weighted by Gasteiger charge is 2.77. The van der Waals surface area contributed by atoms with E-state index in [0.29, 0.717) is 12.8 Å². The van der Waals surface area contributed by atoms with Crippen molar-refractivity contribution in [2.24, 2.45) is 11.8 Å². The van der Waals surface area contributed by atoms with E-state index < -0.39 is 96.0 Å². The van der Waals surface area contributed by atoms with Gasteiger partial charge in [-0.25, -0.2) is 19.2 Å². The molecule has 46 heavy (non-hydrogen) atoms. The molecule has 0 amide bonds. The first-order valence-electron chi connectivity index (χ1n) is 12.8. The van der Waals surface area contributed by atoms with Gasteiger partial charge in [-0.05, 0) is 40.5 Å². The molecule has 2 unspecified atom stereocenters. The highest BCUT2D eigenvalue weighted by molar-refractivity contribution is 5.84. The van der Waals surface area contributed by atoms with E-state index in [2.05, 4.69) is 9.47 Å². The summed E-state index contributed by atoms with van der Waals surface area (Å²) >= 11 is 0. The zero-order chi connectivity index (χ0) is 36.5. The molecule has 0 bridgehead atoms. The average Bonchev–Trinajstić information content (AvgIpc) is 2.86. The summed E-state index contributed by atoms with van der Waals surface area (Å²) in [7, 11) is 0. The maximum Gasteiger partial charge on any atom is 0.437 e. The third-order valence-electron chi connectivity index (χ3n) is 7.18.